The number of carbonyl (C=O) groups is 2. The molecule has 2 rings (SSSR count). The SMILES string of the molecule is CN(C)[C@H](CNC(=O)C(=O)Nc1c[nH]ccc1=O)c1ccco1. The maximum Gasteiger partial charge on any atom is 0.313 e. The Kier molecular flexibility index (Phi) is 5.32. The van der Waals surface area contributed by atoms with Crippen LogP contribution in [0.15, 0.2) is 46.1 Å². The van der Waals surface area contributed by atoms with Crippen LogP contribution >= 0.6 is 0 Å². The van der Waals surface area contributed by atoms with Crippen molar-refractivity contribution < 1.29 is 14.0 Å². The number of nitrogens with one attached hydrogen (secondary N) is 3. The number of likely N-dealkylation sites (N-methyl/N-ethyl adjacent to an activating group) is 1. The maximum absolute atomic E-state index is 11.9. The summed E-state index contributed by atoms with van der Waals surface area (Å²) in [5.41, 5.74) is -0.366. The Hall–Kier alpha value is -2.87. The van der Waals surface area contributed by atoms with E-state index in [1.54, 1.807) is 18.4 Å². The average molecular weight is 318 g/mol. The van der Waals surface area contributed by atoms with Gasteiger partial charge in [-0.15, -0.1) is 0 Å². The molecule has 0 spiro atoms. The highest BCUT2D eigenvalue weighted by Gasteiger charge is 2.21. The second-order valence-electron chi connectivity index (χ2n) is 5.08. The zero-order valence-electron chi connectivity index (χ0n) is 12.8. The lowest BCUT2D eigenvalue weighted by Crippen LogP contribution is -2.40. The van der Waals surface area contributed by atoms with Crippen molar-refractivity contribution in [3.8, 4) is 0 Å². The van der Waals surface area contributed by atoms with Crippen LogP contribution in [0.4, 0.5) is 5.69 Å². The van der Waals surface area contributed by atoms with E-state index in [4.69, 9.17) is 4.42 Å². The fourth-order valence-electron chi connectivity index (χ4n) is 1.98. The zero-order valence-corrected chi connectivity index (χ0v) is 12.8. The van der Waals surface area contributed by atoms with Crippen molar-refractivity contribution >= 4 is 17.5 Å². The lowest BCUT2D eigenvalue weighted by Gasteiger charge is -2.22. The monoisotopic (exact) mass is 318 g/mol. The fourth-order valence-corrected chi connectivity index (χ4v) is 1.98. The molecule has 8 nitrogen and oxygen atoms in total. The van der Waals surface area contributed by atoms with E-state index in [1.165, 1.54) is 18.5 Å². The summed E-state index contributed by atoms with van der Waals surface area (Å²) >= 11 is 0. The molecule has 0 bridgehead atoms. The second kappa shape index (κ2) is 7.41. The van der Waals surface area contributed by atoms with Gasteiger partial charge in [-0.05, 0) is 26.2 Å². The lowest BCUT2D eigenvalue weighted by atomic mass is 10.2. The van der Waals surface area contributed by atoms with E-state index in [0.717, 1.165) is 0 Å². The van der Waals surface area contributed by atoms with E-state index in [2.05, 4.69) is 15.6 Å². The van der Waals surface area contributed by atoms with E-state index in [0.29, 0.717) is 5.76 Å². The summed E-state index contributed by atoms with van der Waals surface area (Å²) in [7, 11) is 3.67. The Bertz CT molecular complexity index is 721. The number of nitrogens with zero attached hydrogens (tertiary/aromatic N) is 1. The first kappa shape index (κ1) is 16.5. The van der Waals surface area contributed by atoms with Crippen LogP contribution in [0.3, 0.4) is 0 Å². The third-order valence-electron chi connectivity index (χ3n) is 3.23. The Morgan fingerprint density at radius 3 is 2.70 bits per heavy atom. The first-order valence-corrected chi connectivity index (χ1v) is 6.95. The minimum Gasteiger partial charge on any atom is -0.468 e. The summed E-state index contributed by atoms with van der Waals surface area (Å²) in [4.78, 5) is 39.7. The highest BCUT2D eigenvalue weighted by Crippen LogP contribution is 2.17. The van der Waals surface area contributed by atoms with Crippen molar-refractivity contribution in [1.82, 2.24) is 15.2 Å². The molecular weight excluding hydrogens is 300 g/mol. The Morgan fingerprint density at radius 1 is 1.30 bits per heavy atom. The van der Waals surface area contributed by atoms with Crippen molar-refractivity contribution in [1.29, 1.82) is 0 Å². The van der Waals surface area contributed by atoms with Gasteiger partial charge in [0.05, 0.1) is 12.3 Å². The topological polar surface area (TPSA) is 107 Å². The lowest BCUT2D eigenvalue weighted by molar-refractivity contribution is -0.136. The first-order chi connectivity index (χ1) is 11.0. The van der Waals surface area contributed by atoms with Gasteiger partial charge in [0.15, 0.2) is 0 Å². The second-order valence-corrected chi connectivity index (χ2v) is 5.08. The molecular formula is C15H18N4O4. The standard InChI is InChI=1S/C15H18N4O4/c1-19(2)11(13-4-3-7-23-13)9-17-14(21)15(22)18-10-8-16-6-5-12(10)20/h3-8,11H,9H2,1-2H3,(H,16,20)(H,17,21)(H,18,22)/t11-/m1/s1. The minimum absolute atomic E-state index is 0.0165. The van der Waals surface area contributed by atoms with Crippen LogP contribution in [0.5, 0.6) is 0 Å². The van der Waals surface area contributed by atoms with Gasteiger partial charge in [-0.1, -0.05) is 0 Å². The maximum atomic E-state index is 11.9. The van der Waals surface area contributed by atoms with Crippen LogP contribution in [0.1, 0.15) is 11.8 Å². The quantitative estimate of drug-likeness (QED) is 0.689. The summed E-state index contributed by atoms with van der Waals surface area (Å²) in [5.74, 6) is -1.06. The Morgan fingerprint density at radius 2 is 2.09 bits per heavy atom. The zero-order chi connectivity index (χ0) is 16.8. The van der Waals surface area contributed by atoms with Gasteiger partial charge in [-0.25, -0.2) is 0 Å². The molecule has 8 heteroatoms. The summed E-state index contributed by atoms with van der Waals surface area (Å²) in [6.45, 7) is 0.192. The predicted molar refractivity (Wildman–Crippen MR) is 83.8 cm³/mol. The first-order valence-electron chi connectivity index (χ1n) is 6.95. The van der Waals surface area contributed by atoms with E-state index < -0.39 is 11.8 Å². The Labute approximate surface area is 132 Å². The number of aromatic amines is 1. The van der Waals surface area contributed by atoms with Gasteiger partial charge in [0.25, 0.3) is 0 Å². The molecule has 0 saturated heterocycles. The average Bonchev–Trinajstić information content (AvgIpc) is 3.03. The molecule has 0 fully saturated rings. The predicted octanol–water partition coefficient (Wildman–Crippen LogP) is 0.326. The van der Waals surface area contributed by atoms with Gasteiger partial charge < -0.3 is 20.0 Å². The third-order valence-corrected chi connectivity index (χ3v) is 3.23. The molecule has 122 valence electrons. The molecule has 23 heavy (non-hydrogen) atoms. The summed E-state index contributed by atoms with van der Waals surface area (Å²) in [6, 6.07) is 4.59. The van der Waals surface area contributed by atoms with E-state index in [9.17, 15) is 14.4 Å². The number of anilines is 1. The van der Waals surface area contributed by atoms with Crippen LogP contribution in [-0.2, 0) is 9.59 Å². The van der Waals surface area contributed by atoms with Gasteiger partial charge in [0, 0.05) is 25.0 Å². The van der Waals surface area contributed by atoms with Crippen LogP contribution < -0.4 is 16.1 Å². The molecule has 0 saturated carbocycles. The molecule has 2 amide bonds. The van der Waals surface area contributed by atoms with Crippen LogP contribution in [0.25, 0.3) is 0 Å². The third kappa shape index (κ3) is 4.30. The van der Waals surface area contributed by atoms with Crippen LogP contribution in [0.2, 0.25) is 0 Å². The van der Waals surface area contributed by atoms with Crippen molar-refractivity contribution in [2.45, 2.75) is 6.04 Å². The van der Waals surface area contributed by atoms with Crippen LogP contribution in [0, 0.1) is 0 Å². The number of pyridine rings is 1. The molecule has 0 aromatic carbocycles. The van der Waals surface area contributed by atoms with Crippen molar-refractivity contribution in [3.05, 3.63) is 52.8 Å². The van der Waals surface area contributed by atoms with Crippen LogP contribution in [-0.4, -0.2) is 42.3 Å². The number of furan rings is 1. The molecule has 0 unspecified atom stereocenters. The van der Waals surface area contributed by atoms with E-state index in [1.807, 2.05) is 19.0 Å². The number of hydrogen-bond donors (Lipinski definition) is 3. The smallest absolute Gasteiger partial charge is 0.313 e. The summed E-state index contributed by atoms with van der Waals surface area (Å²) in [5, 5.41) is 4.79. The molecule has 2 aromatic rings. The van der Waals surface area contributed by atoms with Gasteiger partial charge >= 0.3 is 11.8 Å². The fraction of sp³-hybridized carbons (Fsp3) is 0.267. The summed E-state index contributed by atoms with van der Waals surface area (Å²) < 4.78 is 5.32. The Balaban J connectivity index is 1.94. The molecule has 0 radical (unpaired) electrons. The normalized spacial score (nSPS) is 12.0. The number of aromatic nitrogens is 1. The molecule has 0 aliphatic carbocycles. The van der Waals surface area contributed by atoms with Crippen molar-refractivity contribution in [2.75, 3.05) is 26.0 Å². The van der Waals surface area contributed by atoms with E-state index in [-0.39, 0.29) is 23.7 Å². The molecule has 1 atom stereocenters. The number of carbonyl (C=O) groups excluding carboxylic acids is 2. The molecule has 3 N–H and O–H groups in total. The molecule has 2 heterocycles. The van der Waals surface area contributed by atoms with Crippen molar-refractivity contribution in [2.24, 2.45) is 0 Å². The van der Waals surface area contributed by atoms with E-state index >= 15 is 0 Å². The summed E-state index contributed by atoms with van der Waals surface area (Å²) in [6.07, 6.45) is 4.30. The van der Waals surface area contributed by atoms with Gasteiger partial charge in [0.2, 0.25) is 5.43 Å². The molecule has 0 aliphatic heterocycles. The minimum atomic E-state index is -0.904. The number of rotatable bonds is 5. The highest BCUT2D eigenvalue weighted by molar-refractivity contribution is 6.39. The molecule has 0 aliphatic rings. The number of amides is 2. The number of H-pyrrole nitrogens is 1. The van der Waals surface area contributed by atoms with Gasteiger partial charge in [-0.2, -0.15) is 0 Å². The largest absolute Gasteiger partial charge is 0.468 e. The molecule has 2 aromatic heterocycles. The highest BCUT2D eigenvalue weighted by atomic mass is 16.3. The van der Waals surface area contributed by atoms with Gasteiger partial charge in [-0.3, -0.25) is 19.3 Å². The number of hydrogen-bond acceptors (Lipinski definition) is 5. The van der Waals surface area contributed by atoms with Gasteiger partial charge in [0.1, 0.15) is 11.4 Å². The van der Waals surface area contributed by atoms with Crippen molar-refractivity contribution in [3.63, 3.8) is 0 Å².